The molecule has 3 rings (SSSR count). The Bertz CT molecular complexity index is 278. The average Bonchev–Trinajstić information content (AvgIpc) is 2.65. The SMILES string of the molecule is O=C1CC2(CO1)CC1CCC2(I)C1. The van der Waals surface area contributed by atoms with Gasteiger partial charge in [0.15, 0.2) is 0 Å². The van der Waals surface area contributed by atoms with Gasteiger partial charge in [0, 0.05) is 8.84 Å². The summed E-state index contributed by atoms with van der Waals surface area (Å²) in [4.78, 5) is 11.2. The number of alkyl halides is 1. The van der Waals surface area contributed by atoms with Gasteiger partial charge in [-0.3, -0.25) is 4.79 Å². The van der Waals surface area contributed by atoms with Gasteiger partial charge in [0.25, 0.3) is 0 Å². The Morgan fingerprint density at radius 2 is 2.31 bits per heavy atom. The van der Waals surface area contributed by atoms with E-state index in [1.165, 1.54) is 25.7 Å². The molecule has 1 heterocycles. The van der Waals surface area contributed by atoms with E-state index in [0.717, 1.165) is 5.92 Å². The second-order valence-electron chi connectivity index (χ2n) is 4.90. The molecular weight excluding hydrogens is 279 g/mol. The first-order chi connectivity index (χ1) is 6.14. The van der Waals surface area contributed by atoms with Crippen molar-refractivity contribution in [3.63, 3.8) is 0 Å². The maximum Gasteiger partial charge on any atom is 0.306 e. The molecule has 72 valence electrons. The van der Waals surface area contributed by atoms with Gasteiger partial charge in [-0.15, -0.1) is 0 Å². The van der Waals surface area contributed by atoms with Crippen molar-refractivity contribution >= 4 is 28.6 Å². The standard InChI is InChI=1S/C10H13IO2/c11-10-2-1-7(4-10)3-9(10)5-8(12)13-6-9/h7H,1-6H2. The molecule has 1 spiro atoms. The Morgan fingerprint density at radius 1 is 1.46 bits per heavy atom. The largest absolute Gasteiger partial charge is 0.465 e. The topological polar surface area (TPSA) is 26.3 Å². The minimum atomic E-state index is 0.0311. The van der Waals surface area contributed by atoms with Crippen molar-refractivity contribution in [2.24, 2.45) is 11.3 Å². The van der Waals surface area contributed by atoms with Crippen molar-refractivity contribution in [1.29, 1.82) is 0 Å². The van der Waals surface area contributed by atoms with Gasteiger partial charge in [-0.05, 0) is 31.6 Å². The molecule has 0 aromatic rings. The molecular formula is C10H13IO2. The summed E-state index contributed by atoms with van der Waals surface area (Å²) in [6.45, 7) is 0.700. The van der Waals surface area contributed by atoms with Crippen LogP contribution >= 0.6 is 22.6 Å². The van der Waals surface area contributed by atoms with Gasteiger partial charge in [0.05, 0.1) is 13.0 Å². The van der Waals surface area contributed by atoms with Crippen LogP contribution in [0.1, 0.15) is 32.1 Å². The number of esters is 1. The monoisotopic (exact) mass is 292 g/mol. The fourth-order valence-electron chi connectivity index (χ4n) is 3.50. The molecule has 1 aliphatic heterocycles. The highest BCUT2D eigenvalue weighted by Gasteiger charge is 2.63. The highest BCUT2D eigenvalue weighted by Crippen LogP contribution is 2.66. The molecule has 1 saturated heterocycles. The second kappa shape index (κ2) is 2.41. The first kappa shape index (κ1) is 8.50. The van der Waals surface area contributed by atoms with Gasteiger partial charge in [-0.25, -0.2) is 0 Å². The lowest BCUT2D eigenvalue weighted by Gasteiger charge is -2.37. The lowest BCUT2D eigenvalue weighted by Crippen LogP contribution is -2.39. The van der Waals surface area contributed by atoms with Gasteiger partial charge in [0.2, 0.25) is 0 Å². The molecule has 2 aliphatic carbocycles. The van der Waals surface area contributed by atoms with Crippen LogP contribution in [0.25, 0.3) is 0 Å². The van der Waals surface area contributed by atoms with Crippen LogP contribution in [-0.4, -0.2) is 16.0 Å². The van der Waals surface area contributed by atoms with Crippen LogP contribution in [0.2, 0.25) is 0 Å². The van der Waals surface area contributed by atoms with Crippen molar-refractivity contribution in [1.82, 2.24) is 0 Å². The molecule has 3 unspecified atom stereocenters. The summed E-state index contributed by atoms with van der Waals surface area (Å²) < 4.78 is 5.56. The summed E-state index contributed by atoms with van der Waals surface area (Å²) in [5.41, 5.74) is 0.230. The highest BCUT2D eigenvalue weighted by molar-refractivity contribution is 14.1. The molecule has 0 radical (unpaired) electrons. The van der Waals surface area contributed by atoms with Crippen molar-refractivity contribution in [2.75, 3.05) is 6.61 Å². The van der Waals surface area contributed by atoms with Gasteiger partial charge < -0.3 is 4.74 Å². The summed E-state index contributed by atoms with van der Waals surface area (Å²) >= 11 is 2.60. The van der Waals surface area contributed by atoms with Crippen molar-refractivity contribution in [2.45, 2.75) is 35.5 Å². The van der Waals surface area contributed by atoms with Crippen molar-refractivity contribution < 1.29 is 9.53 Å². The number of ether oxygens (including phenoxy) is 1. The maximum atomic E-state index is 11.2. The number of carbonyl (C=O) groups is 1. The van der Waals surface area contributed by atoms with Crippen LogP contribution in [0, 0.1) is 11.3 Å². The smallest absolute Gasteiger partial charge is 0.306 e. The first-order valence-electron chi connectivity index (χ1n) is 4.98. The minimum Gasteiger partial charge on any atom is -0.465 e. The number of hydrogen-bond donors (Lipinski definition) is 0. The Kier molecular flexibility index (Phi) is 1.58. The van der Waals surface area contributed by atoms with E-state index < -0.39 is 0 Å². The Morgan fingerprint density at radius 3 is 2.77 bits per heavy atom. The summed E-state index contributed by atoms with van der Waals surface area (Å²) in [6, 6.07) is 0. The maximum absolute atomic E-state index is 11.2. The molecule has 2 bridgehead atoms. The summed E-state index contributed by atoms with van der Waals surface area (Å²) in [5.74, 6) is 0.912. The molecule has 3 aliphatic rings. The van der Waals surface area contributed by atoms with Crippen LogP contribution < -0.4 is 0 Å². The van der Waals surface area contributed by atoms with E-state index in [4.69, 9.17) is 4.74 Å². The van der Waals surface area contributed by atoms with E-state index in [1.807, 2.05) is 0 Å². The van der Waals surface area contributed by atoms with Gasteiger partial charge in [-0.1, -0.05) is 22.6 Å². The molecule has 2 saturated carbocycles. The molecule has 13 heavy (non-hydrogen) atoms. The van der Waals surface area contributed by atoms with E-state index in [0.29, 0.717) is 16.4 Å². The second-order valence-corrected chi connectivity index (χ2v) is 6.96. The normalized spacial score (nSPS) is 53.3. The number of carbonyl (C=O) groups excluding carboxylic acids is 1. The van der Waals surface area contributed by atoms with Gasteiger partial charge in [0.1, 0.15) is 0 Å². The third-order valence-corrected chi connectivity index (χ3v) is 6.31. The third kappa shape index (κ3) is 0.969. The zero-order valence-corrected chi connectivity index (χ0v) is 9.67. The zero-order valence-electron chi connectivity index (χ0n) is 7.51. The van der Waals surface area contributed by atoms with Crippen LogP contribution in [0.5, 0.6) is 0 Å². The van der Waals surface area contributed by atoms with Crippen molar-refractivity contribution in [3.05, 3.63) is 0 Å². The molecule has 3 heteroatoms. The zero-order chi connectivity index (χ0) is 9.10. The number of fused-ring (bicyclic) bond motifs is 3. The number of halogens is 1. The minimum absolute atomic E-state index is 0.0311. The first-order valence-corrected chi connectivity index (χ1v) is 6.06. The number of rotatable bonds is 0. The number of hydrogen-bond acceptors (Lipinski definition) is 2. The molecule has 0 aromatic heterocycles. The van der Waals surface area contributed by atoms with Crippen LogP contribution in [0.15, 0.2) is 0 Å². The number of cyclic esters (lactones) is 1. The fourth-order valence-corrected chi connectivity index (χ4v) is 5.00. The van der Waals surface area contributed by atoms with E-state index in [2.05, 4.69) is 22.6 Å². The van der Waals surface area contributed by atoms with E-state index in [9.17, 15) is 4.79 Å². The van der Waals surface area contributed by atoms with Crippen molar-refractivity contribution in [3.8, 4) is 0 Å². The summed E-state index contributed by atoms with van der Waals surface area (Å²) in [7, 11) is 0. The molecule has 3 atom stereocenters. The van der Waals surface area contributed by atoms with E-state index in [-0.39, 0.29) is 11.4 Å². The predicted molar refractivity (Wildman–Crippen MR) is 56.7 cm³/mol. The van der Waals surface area contributed by atoms with Gasteiger partial charge >= 0.3 is 5.97 Å². The van der Waals surface area contributed by atoms with E-state index >= 15 is 0 Å². The summed E-state index contributed by atoms with van der Waals surface area (Å²) in [6.07, 6.45) is 5.92. The van der Waals surface area contributed by atoms with Crippen LogP contribution in [-0.2, 0) is 9.53 Å². The Labute approximate surface area is 91.5 Å². The molecule has 0 N–H and O–H groups in total. The fraction of sp³-hybridized carbons (Fsp3) is 0.900. The Hall–Kier alpha value is 0.200. The van der Waals surface area contributed by atoms with E-state index in [1.54, 1.807) is 0 Å². The molecule has 3 fully saturated rings. The lowest BCUT2D eigenvalue weighted by molar-refractivity contribution is -0.137. The summed E-state index contributed by atoms with van der Waals surface area (Å²) in [5, 5.41) is 0. The lowest BCUT2D eigenvalue weighted by atomic mass is 9.72. The predicted octanol–water partition coefficient (Wildman–Crippen LogP) is 2.30. The Balaban J connectivity index is 1.97. The average molecular weight is 292 g/mol. The molecule has 0 aromatic carbocycles. The van der Waals surface area contributed by atoms with Crippen LogP contribution in [0.3, 0.4) is 0 Å². The van der Waals surface area contributed by atoms with Gasteiger partial charge in [-0.2, -0.15) is 0 Å². The third-order valence-electron chi connectivity index (χ3n) is 4.18. The molecule has 0 amide bonds. The highest BCUT2D eigenvalue weighted by atomic mass is 127. The quantitative estimate of drug-likeness (QED) is 0.389. The molecule has 2 nitrogen and oxygen atoms in total. The van der Waals surface area contributed by atoms with Crippen LogP contribution in [0.4, 0.5) is 0 Å².